The van der Waals surface area contributed by atoms with Crippen molar-refractivity contribution in [2.24, 2.45) is 0 Å². The van der Waals surface area contributed by atoms with Crippen LogP contribution >= 0.6 is 0 Å². The molecule has 0 saturated carbocycles. The molecule has 0 aromatic rings. The second-order valence-electron chi connectivity index (χ2n) is 14.8. The Morgan fingerprint density at radius 1 is 0.469 bits per heavy atom. The van der Waals surface area contributed by atoms with Crippen LogP contribution in [0.25, 0.3) is 0 Å². The molecular weight excluding hydrogens is 620 g/mol. The second kappa shape index (κ2) is 34.7. The molecule has 1 heterocycles. The number of hydrogen-bond donors (Lipinski definition) is 4. The second-order valence-corrected chi connectivity index (χ2v) is 14.8. The van der Waals surface area contributed by atoms with Gasteiger partial charge in [-0.2, -0.15) is 0 Å². The Balaban J connectivity index is 2.20. The zero-order chi connectivity index (χ0) is 35.6. The monoisotopic (exact) mass is 703 g/mol. The van der Waals surface area contributed by atoms with Crippen LogP contribution < -0.4 is 0 Å². The van der Waals surface area contributed by atoms with Gasteiger partial charge in [0.1, 0.15) is 30.5 Å². The molecule has 4 N–H and O–H groups in total. The minimum atomic E-state index is -1.46. The quantitative estimate of drug-likeness (QED) is 0.0474. The summed E-state index contributed by atoms with van der Waals surface area (Å²) in [6, 6.07) is 0. The fourth-order valence-corrected chi connectivity index (χ4v) is 6.71. The minimum Gasteiger partial charge on any atom is -0.394 e. The van der Waals surface area contributed by atoms with Crippen molar-refractivity contribution < 1.29 is 39.4 Å². The van der Waals surface area contributed by atoms with E-state index in [1.165, 1.54) is 161 Å². The van der Waals surface area contributed by atoms with Gasteiger partial charge in [-0.1, -0.05) is 181 Å². The van der Waals surface area contributed by atoms with Crippen LogP contribution in [0.3, 0.4) is 0 Å². The third-order valence-corrected chi connectivity index (χ3v) is 10.1. The largest absolute Gasteiger partial charge is 0.394 e. The molecule has 0 aliphatic carbocycles. The van der Waals surface area contributed by atoms with Crippen LogP contribution in [-0.2, 0) is 18.9 Å². The predicted octanol–water partition coefficient (Wildman–Crippen LogP) is 9.17. The zero-order valence-electron chi connectivity index (χ0n) is 32.2. The van der Waals surface area contributed by atoms with Gasteiger partial charge >= 0.3 is 0 Å². The van der Waals surface area contributed by atoms with Crippen molar-refractivity contribution in [1.29, 1.82) is 0 Å². The molecule has 0 radical (unpaired) electrons. The Morgan fingerprint density at radius 2 is 0.857 bits per heavy atom. The third-order valence-electron chi connectivity index (χ3n) is 10.1. The van der Waals surface area contributed by atoms with E-state index in [1.807, 2.05) is 0 Å². The van der Waals surface area contributed by atoms with E-state index in [4.69, 9.17) is 18.9 Å². The maximum atomic E-state index is 10.4. The van der Waals surface area contributed by atoms with Gasteiger partial charge in [0.25, 0.3) is 0 Å². The molecule has 0 bridgehead atoms. The fourth-order valence-electron chi connectivity index (χ4n) is 6.71. The molecular formula is C41H82O8. The van der Waals surface area contributed by atoms with E-state index >= 15 is 0 Å². The standard InChI is InChI=1S/C41H82O8/c1-3-5-7-9-11-13-15-17-19-21-23-25-27-29-31-46-34-36(35-48-41-40(45)39(44)38(43)37(33-42)49-41)47-32-30-28-26-24-22-20-18-16-14-12-10-8-6-4-2/h36-45H,3-35H2,1-2H3/t36-,37-,38+,39+,40-,41-/m1/s1. The molecule has 8 nitrogen and oxygen atoms in total. The molecule has 1 fully saturated rings. The summed E-state index contributed by atoms with van der Waals surface area (Å²) in [7, 11) is 0. The molecule has 1 aliphatic heterocycles. The highest BCUT2D eigenvalue weighted by Gasteiger charge is 2.44. The van der Waals surface area contributed by atoms with Crippen molar-refractivity contribution in [3.63, 3.8) is 0 Å². The highest BCUT2D eigenvalue weighted by atomic mass is 16.7. The zero-order valence-corrected chi connectivity index (χ0v) is 32.2. The van der Waals surface area contributed by atoms with Crippen LogP contribution in [0.5, 0.6) is 0 Å². The number of aliphatic hydroxyl groups is 4. The van der Waals surface area contributed by atoms with Gasteiger partial charge in [0.15, 0.2) is 6.29 Å². The first-order valence-corrected chi connectivity index (χ1v) is 21.2. The van der Waals surface area contributed by atoms with Gasteiger partial charge in [-0.15, -0.1) is 0 Å². The molecule has 0 aromatic carbocycles. The van der Waals surface area contributed by atoms with Crippen LogP contribution in [0.15, 0.2) is 0 Å². The molecule has 0 unspecified atom stereocenters. The van der Waals surface area contributed by atoms with Gasteiger partial charge in [-0.05, 0) is 12.8 Å². The molecule has 49 heavy (non-hydrogen) atoms. The van der Waals surface area contributed by atoms with Crippen LogP contribution in [0.1, 0.15) is 194 Å². The summed E-state index contributed by atoms with van der Waals surface area (Å²) < 4.78 is 23.5. The van der Waals surface area contributed by atoms with Gasteiger partial charge in [0.05, 0.1) is 19.8 Å². The fraction of sp³-hybridized carbons (Fsp3) is 1.00. The molecule has 294 valence electrons. The normalized spacial score (nSPS) is 21.8. The van der Waals surface area contributed by atoms with Gasteiger partial charge in [-0.25, -0.2) is 0 Å². The van der Waals surface area contributed by atoms with E-state index in [9.17, 15) is 20.4 Å². The van der Waals surface area contributed by atoms with Crippen molar-refractivity contribution in [1.82, 2.24) is 0 Å². The Hall–Kier alpha value is -0.320. The summed E-state index contributed by atoms with van der Waals surface area (Å²) in [6.45, 7) is 5.87. The molecule has 1 aliphatic rings. The van der Waals surface area contributed by atoms with Crippen molar-refractivity contribution in [3.05, 3.63) is 0 Å². The van der Waals surface area contributed by atoms with Gasteiger partial charge in [0.2, 0.25) is 0 Å². The highest BCUT2D eigenvalue weighted by Crippen LogP contribution is 2.22. The highest BCUT2D eigenvalue weighted by molar-refractivity contribution is 4.89. The summed E-state index contributed by atoms with van der Waals surface area (Å²) in [6.07, 6.45) is 30.1. The number of ether oxygens (including phenoxy) is 4. The lowest BCUT2D eigenvalue weighted by atomic mass is 9.99. The first kappa shape index (κ1) is 46.7. The molecule has 0 aromatic heterocycles. The topological polar surface area (TPSA) is 118 Å². The van der Waals surface area contributed by atoms with Crippen molar-refractivity contribution in [3.8, 4) is 0 Å². The number of aliphatic hydroxyl groups excluding tert-OH is 4. The van der Waals surface area contributed by atoms with Crippen LogP contribution in [0.4, 0.5) is 0 Å². The molecule has 1 rings (SSSR count). The van der Waals surface area contributed by atoms with E-state index in [0.29, 0.717) is 19.8 Å². The molecule has 6 atom stereocenters. The number of unbranched alkanes of at least 4 members (excludes halogenated alkanes) is 26. The first-order chi connectivity index (χ1) is 24.0. The third kappa shape index (κ3) is 26.2. The molecule has 0 amide bonds. The lowest BCUT2D eigenvalue weighted by Gasteiger charge is -2.39. The summed E-state index contributed by atoms with van der Waals surface area (Å²) >= 11 is 0. The lowest BCUT2D eigenvalue weighted by molar-refractivity contribution is -0.306. The van der Waals surface area contributed by atoms with Crippen LogP contribution in [-0.4, -0.2) is 90.3 Å². The number of hydrogen-bond acceptors (Lipinski definition) is 8. The first-order valence-electron chi connectivity index (χ1n) is 21.2. The smallest absolute Gasteiger partial charge is 0.186 e. The molecule has 1 saturated heterocycles. The van der Waals surface area contributed by atoms with Crippen molar-refractivity contribution in [2.75, 3.05) is 33.0 Å². The summed E-state index contributed by atoms with van der Waals surface area (Å²) in [5, 5.41) is 40.0. The summed E-state index contributed by atoms with van der Waals surface area (Å²) in [5.41, 5.74) is 0. The van der Waals surface area contributed by atoms with Gasteiger partial charge < -0.3 is 39.4 Å². The summed E-state index contributed by atoms with van der Waals surface area (Å²) in [5.74, 6) is 0. The molecule has 0 spiro atoms. The van der Waals surface area contributed by atoms with E-state index in [1.54, 1.807) is 0 Å². The maximum absolute atomic E-state index is 10.4. The van der Waals surface area contributed by atoms with Gasteiger partial charge in [0, 0.05) is 13.2 Å². The predicted molar refractivity (Wildman–Crippen MR) is 201 cm³/mol. The van der Waals surface area contributed by atoms with E-state index in [0.717, 1.165) is 19.3 Å². The van der Waals surface area contributed by atoms with E-state index < -0.39 is 37.3 Å². The lowest BCUT2D eigenvalue weighted by Crippen LogP contribution is -2.59. The Labute approximate surface area is 302 Å². The van der Waals surface area contributed by atoms with Crippen molar-refractivity contribution in [2.45, 2.75) is 230 Å². The summed E-state index contributed by atoms with van der Waals surface area (Å²) in [4.78, 5) is 0. The Kier molecular flexibility index (Phi) is 33.1. The number of rotatable bonds is 37. The van der Waals surface area contributed by atoms with Crippen LogP contribution in [0.2, 0.25) is 0 Å². The van der Waals surface area contributed by atoms with Gasteiger partial charge in [-0.3, -0.25) is 0 Å². The Morgan fingerprint density at radius 3 is 1.27 bits per heavy atom. The Bertz CT molecular complexity index is 665. The van der Waals surface area contributed by atoms with Crippen LogP contribution in [0, 0.1) is 0 Å². The van der Waals surface area contributed by atoms with Crippen molar-refractivity contribution >= 4 is 0 Å². The molecule has 8 heteroatoms. The average molecular weight is 703 g/mol. The SMILES string of the molecule is CCCCCCCCCCCCCCCCOC[C@H](CO[C@@H]1O[C@H](CO)[C@H](O)[C@H](O)[C@H]1O)OCCCCCCCCCCCCCCCC. The average Bonchev–Trinajstić information content (AvgIpc) is 3.11. The minimum absolute atomic E-state index is 0.125. The maximum Gasteiger partial charge on any atom is 0.186 e. The van der Waals surface area contributed by atoms with E-state index in [-0.39, 0.29) is 12.7 Å². The van der Waals surface area contributed by atoms with E-state index in [2.05, 4.69) is 13.8 Å².